The molecule has 96 valence electrons. The molecule has 0 amide bonds. The van der Waals surface area contributed by atoms with Gasteiger partial charge in [0.2, 0.25) is 5.88 Å². The molecular formula is C14H14N4O. The molecule has 1 aromatic carbocycles. The van der Waals surface area contributed by atoms with Crippen molar-refractivity contribution in [1.29, 1.82) is 5.26 Å². The van der Waals surface area contributed by atoms with E-state index in [1.807, 2.05) is 12.1 Å². The Morgan fingerprint density at radius 3 is 2.63 bits per heavy atom. The summed E-state index contributed by atoms with van der Waals surface area (Å²) in [7, 11) is 1.53. The van der Waals surface area contributed by atoms with Gasteiger partial charge in [-0.15, -0.1) is 0 Å². The average molecular weight is 254 g/mol. The van der Waals surface area contributed by atoms with Crippen molar-refractivity contribution in [1.82, 2.24) is 4.98 Å². The molecule has 19 heavy (non-hydrogen) atoms. The van der Waals surface area contributed by atoms with Gasteiger partial charge < -0.3 is 15.8 Å². The number of ether oxygens (including phenoxy) is 1. The Labute approximate surface area is 111 Å². The molecule has 5 heteroatoms. The van der Waals surface area contributed by atoms with Gasteiger partial charge in [-0.05, 0) is 29.8 Å². The highest BCUT2D eigenvalue weighted by Gasteiger charge is 2.02. The molecule has 0 spiro atoms. The van der Waals surface area contributed by atoms with Crippen LogP contribution in [-0.2, 0) is 6.54 Å². The van der Waals surface area contributed by atoms with Gasteiger partial charge in [0.1, 0.15) is 5.82 Å². The summed E-state index contributed by atoms with van der Waals surface area (Å²) in [4.78, 5) is 4.23. The van der Waals surface area contributed by atoms with E-state index < -0.39 is 0 Å². The number of nitrogens with zero attached hydrogens (tertiary/aromatic N) is 2. The number of nitrogen functional groups attached to an aromatic ring is 1. The maximum absolute atomic E-state index is 8.72. The number of pyridine rings is 1. The molecule has 5 nitrogen and oxygen atoms in total. The van der Waals surface area contributed by atoms with Gasteiger partial charge in [-0.25, -0.2) is 0 Å². The molecule has 0 saturated carbocycles. The van der Waals surface area contributed by atoms with Crippen molar-refractivity contribution in [3.8, 4) is 11.9 Å². The predicted octanol–water partition coefficient (Wildman–Crippen LogP) is 2.16. The van der Waals surface area contributed by atoms with Crippen LogP contribution in [0.5, 0.6) is 5.88 Å². The van der Waals surface area contributed by atoms with Gasteiger partial charge in [0, 0.05) is 6.54 Å². The van der Waals surface area contributed by atoms with Crippen LogP contribution in [0.25, 0.3) is 0 Å². The number of anilines is 2. The van der Waals surface area contributed by atoms with Crippen molar-refractivity contribution in [2.75, 3.05) is 18.2 Å². The highest BCUT2D eigenvalue weighted by atomic mass is 16.5. The number of hydrogen-bond donors (Lipinski definition) is 2. The molecule has 2 aromatic rings. The lowest BCUT2D eigenvalue weighted by Crippen LogP contribution is -2.03. The summed E-state index contributed by atoms with van der Waals surface area (Å²) in [5, 5.41) is 11.9. The summed E-state index contributed by atoms with van der Waals surface area (Å²) in [5.41, 5.74) is 7.91. The van der Waals surface area contributed by atoms with E-state index in [2.05, 4.69) is 16.4 Å². The Kier molecular flexibility index (Phi) is 3.84. The number of methoxy groups -OCH3 is 1. The number of benzene rings is 1. The van der Waals surface area contributed by atoms with Crippen LogP contribution in [0.3, 0.4) is 0 Å². The van der Waals surface area contributed by atoms with Crippen LogP contribution in [-0.4, -0.2) is 12.1 Å². The van der Waals surface area contributed by atoms with Crippen LogP contribution < -0.4 is 15.8 Å². The summed E-state index contributed by atoms with van der Waals surface area (Å²) >= 11 is 0. The fraction of sp³-hybridized carbons (Fsp3) is 0.143. The van der Waals surface area contributed by atoms with Gasteiger partial charge in [-0.2, -0.15) is 10.2 Å². The number of hydrogen-bond acceptors (Lipinski definition) is 5. The van der Waals surface area contributed by atoms with E-state index in [-0.39, 0.29) is 0 Å². The molecule has 0 aliphatic rings. The second-order valence-corrected chi connectivity index (χ2v) is 3.96. The average Bonchev–Trinajstić information content (AvgIpc) is 2.47. The Balaban J connectivity index is 2.03. The van der Waals surface area contributed by atoms with Crippen molar-refractivity contribution in [3.05, 3.63) is 47.5 Å². The van der Waals surface area contributed by atoms with Crippen LogP contribution in [0, 0.1) is 11.3 Å². The molecule has 1 heterocycles. The predicted molar refractivity (Wildman–Crippen MR) is 73.7 cm³/mol. The van der Waals surface area contributed by atoms with E-state index >= 15 is 0 Å². The van der Waals surface area contributed by atoms with Gasteiger partial charge in [0.15, 0.2) is 0 Å². The fourth-order valence-electron chi connectivity index (χ4n) is 1.60. The topological polar surface area (TPSA) is 84.0 Å². The number of nitrogens with one attached hydrogen (secondary N) is 1. The Morgan fingerprint density at radius 2 is 2.00 bits per heavy atom. The van der Waals surface area contributed by atoms with Crippen molar-refractivity contribution in [2.24, 2.45) is 0 Å². The first-order valence-corrected chi connectivity index (χ1v) is 5.76. The van der Waals surface area contributed by atoms with E-state index in [0.29, 0.717) is 29.5 Å². The maximum atomic E-state index is 8.72. The van der Waals surface area contributed by atoms with Crippen molar-refractivity contribution in [3.63, 3.8) is 0 Å². The Hall–Kier alpha value is -2.74. The zero-order chi connectivity index (χ0) is 13.7. The summed E-state index contributed by atoms with van der Waals surface area (Å²) in [6, 6.07) is 13.0. The van der Waals surface area contributed by atoms with Gasteiger partial charge in [-0.3, -0.25) is 0 Å². The van der Waals surface area contributed by atoms with Gasteiger partial charge in [0.05, 0.1) is 24.4 Å². The van der Waals surface area contributed by atoms with E-state index in [4.69, 9.17) is 15.7 Å². The largest absolute Gasteiger partial charge is 0.479 e. The molecule has 0 atom stereocenters. The lowest BCUT2D eigenvalue weighted by atomic mass is 10.1. The second-order valence-electron chi connectivity index (χ2n) is 3.96. The fourth-order valence-corrected chi connectivity index (χ4v) is 1.60. The van der Waals surface area contributed by atoms with E-state index in [1.54, 1.807) is 24.3 Å². The molecule has 3 N–H and O–H groups in total. The number of aromatic nitrogens is 1. The van der Waals surface area contributed by atoms with Gasteiger partial charge in [0.25, 0.3) is 0 Å². The molecule has 0 aliphatic carbocycles. The third-order valence-electron chi connectivity index (χ3n) is 2.64. The van der Waals surface area contributed by atoms with E-state index in [9.17, 15) is 0 Å². The third-order valence-corrected chi connectivity index (χ3v) is 2.64. The normalized spacial score (nSPS) is 9.68. The van der Waals surface area contributed by atoms with Crippen LogP contribution >= 0.6 is 0 Å². The first-order valence-electron chi connectivity index (χ1n) is 5.76. The summed E-state index contributed by atoms with van der Waals surface area (Å²) < 4.78 is 5.06. The van der Waals surface area contributed by atoms with E-state index in [1.165, 1.54) is 7.11 Å². The number of nitrogens with two attached hydrogens (primary N) is 1. The molecule has 0 unspecified atom stereocenters. The Bertz CT molecular complexity index is 602. The lowest BCUT2D eigenvalue weighted by molar-refractivity contribution is 0.401. The van der Waals surface area contributed by atoms with Crippen LogP contribution in [0.15, 0.2) is 36.4 Å². The Morgan fingerprint density at radius 1 is 1.26 bits per heavy atom. The van der Waals surface area contributed by atoms with E-state index in [0.717, 1.165) is 5.56 Å². The minimum Gasteiger partial charge on any atom is -0.479 e. The molecule has 0 radical (unpaired) electrons. The molecule has 0 aliphatic heterocycles. The summed E-state index contributed by atoms with van der Waals surface area (Å²) in [6.07, 6.45) is 0. The van der Waals surface area contributed by atoms with Crippen LogP contribution in [0.4, 0.5) is 11.5 Å². The minimum absolute atomic E-state index is 0.407. The zero-order valence-electron chi connectivity index (χ0n) is 10.6. The van der Waals surface area contributed by atoms with Crippen molar-refractivity contribution in [2.45, 2.75) is 6.54 Å². The van der Waals surface area contributed by atoms with Crippen LogP contribution in [0.2, 0.25) is 0 Å². The van der Waals surface area contributed by atoms with Gasteiger partial charge >= 0.3 is 0 Å². The smallest absolute Gasteiger partial charge is 0.238 e. The molecule has 1 aromatic heterocycles. The lowest BCUT2D eigenvalue weighted by Gasteiger charge is -2.08. The molecule has 2 rings (SSSR count). The highest BCUT2D eigenvalue weighted by Crippen LogP contribution is 2.20. The monoisotopic (exact) mass is 254 g/mol. The summed E-state index contributed by atoms with van der Waals surface area (Å²) in [5.74, 6) is 1.10. The van der Waals surface area contributed by atoms with Crippen molar-refractivity contribution >= 4 is 11.5 Å². The number of rotatable bonds is 4. The maximum Gasteiger partial charge on any atom is 0.238 e. The standard InChI is InChI=1S/C14H14N4O/c1-19-14-12(16)6-7-13(18-14)17-9-11-4-2-10(8-15)3-5-11/h2-7H,9,16H2,1H3,(H,17,18). The second kappa shape index (κ2) is 5.74. The first kappa shape index (κ1) is 12.7. The molecule has 0 saturated heterocycles. The number of nitriles is 1. The SMILES string of the molecule is COc1nc(NCc2ccc(C#N)cc2)ccc1N. The first-order chi connectivity index (χ1) is 9.22. The molecule has 0 fully saturated rings. The molecule has 0 bridgehead atoms. The quantitative estimate of drug-likeness (QED) is 0.873. The zero-order valence-corrected chi connectivity index (χ0v) is 10.6. The molecular weight excluding hydrogens is 240 g/mol. The summed E-state index contributed by atoms with van der Waals surface area (Å²) in [6.45, 7) is 0.617. The third kappa shape index (κ3) is 3.13. The van der Waals surface area contributed by atoms with Crippen LogP contribution in [0.1, 0.15) is 11.1 Å². The highest BCUT2D eigenvalue weighted by molar-refractivity contribution is 5.53. The minimum atomic E-state index is 0.407. The van der Waals surface area contributed by atoms with Gasteiger partial charge in [-0.1, -0.05) is 12.1 Å². The van der Waals surface area contributed by atoms with Crippen molar-refractivity contribution < 1.29 is 4.74 Å².